The van der Waals surface area contributed by atoms with Crippen LogP contribution in [0.4, 0.5) is 0 Å². The Bertz CT molecular complexity index is 566. The summed E-state index contributed by atoms with van der Waals surface area (Å²) in [5, 5.41) is 0. The van der Waals surface area contributed by atoms with Gasteiger partial charge in [-0.1, -0.05) is 48.5 Å². The third-order valence-electron chi connectivity index (χ3n) is 2.22. The van der Waals surface area contributed by atoms with Gasteiger partial charge in [0.2, 0.25) is 0 Å². The van der Waals surface area contributed by atoms with Gasteiger partial charge < -0.3 is 0 Å². The minimum absolute atomic E-state index is 0.350. The van der Waals surface area contributed by atoms with Crippen molar-refractivity contribution in [3.8, 4) is 0 Å². The SMILES string of the molecule is Cc1cccc(S(C)(=O)=O)c1Br.c1ccccc1. The van der Waals surface area contributed by atoms with E-state index >= 15 is 0 Å². The van der Waals surface area contributed by atoms with E-state index < -0.39 is 9.84 Å². The number of aryl methyl sites for hydroxylation is 1. The van der Waals surface area contributed by atoms with Gasteiger partial charge >= 0.3 is 0 Å². The lowest BCUT2D eigenvalue weighted by Gasteiger charge is -2.03. The third kappa shape index (κ3) is 4.63. The molecule has 0 aliphatic heterocycles. The molecule has 18 heavy (non-hydrogen) atoms. The number of benzene rings is 2. The first-order valence-corrected chi connectivity index (χ1v) is 8.06. The largest absolute Gasteiger partial charge is 0.224 e. The molecule has 0 unspecified atom stereocenters. The van der Waals surface area contributed by atoms with E-state index in [0.29, 0.717) is 9.37 Å². The summed E-state index contributed by atoms with van der Waals surface area (Å²) in [5.41, 5.74) is 0.929. The van der Waals surface area contributed by atoms with Gasteiger partial charge in [0.25, 0.3) is 0 Å². The highest BCUT2D eigenvalue weighted by atomic mass is 79.9. The quantitative estimate of drug-likeness (QED) is 0.797. The molecule has 0 heterocycles. The van der Waals surface area contributed by atoms with E-state index in [9.17, 15) is 8.42 Å². The van der Waals surface area contributed by atoms with Crippen LogP contribution >= 0.6 is 15.9 Å². The van der Waals surface area contributed by atoms with Gasteiger partial charge in [-0.3, -0.25) is 0 Å². The van der Waals surface area contributed by atoms with E-state index in [1.165, 1.54) is 6.26 Å². The Morgan fingerprint density at radius 1 is 0.889 bits per heavy atom. The summed E-state index contributed by atoms with van der Waals surface area (Å²) in [7, 11) is -3.10. The first-order chi connectivity index (χ1) is 8.43. The molecular formula is C14H15BrO2S. The molecular weight excluding hydrogens is 312 g/mol. The first-order valence-electron chi connectivity index (χ1n) is 5.38. The number of rotatable bonds is 1. The normalized spacial score (nSPS) is 10.4. The maximum absolute atomic E-state index is 11.2. The summed E-state index contributed by atoms with van der Waals surface area (Å²) >= 11 is 3.24. The van der Waals surface area contributed by atoms with Gasteiger partial charge in [-0.2, -0.15) is 0 Å². The van der Waals surface area contributed by atoms with Crippen molar-refractivity contribution in [2.75, 3.05) is 6.26 Å². The van der Waals surface area contributed by atoms with Crippen LogP contribution in [0.25, 0.3) is 0 Å². The molecule has 0 aliphatic rings. The summed E-state index contributed by atoms with van der Waals surface area (Å²) in [4.78, 5) is 0.350. The number of sulfone groups is 1. The Balaban J connectivity index is 0.000000225. The first kappa shape index (κ1) is 14.9. The Hall–Kier alpha value is -1.13. The van der Waals surface area contributed by atoms with Crippen molar-refractivity contribution in [3.05, 3.63) is 64.6 Å². The molecule has 0 saturated heterocycles. The van der Waals surface area contributed by atoms with Crippen molar-refractivity contribution >= 4 is 25.8 Å². The van der Waals surface area contributed by atoms with Crippen molar-refractivity contribution in [1.82, 2.24) is 0 Å². The zero-order valence-corrected chi connectivity index (χ0v) is 12.7. The van der Waals surface area contributed by atoms with Gasteiger partial charge in [-0.05, 0) is 34.5 Å². The van der Waals surface area contributed by atoms with Crippen LogP contribution in [0.3, 0.4) is 0 Å². The molecule has 2 nitrogen and oxygen atoms in total. The minimum atomic E-state index is -3.10. The average Bonchev–Trinajstić information content (AvgIpc) is 2.34. The van der Waals surface area contributed by atoms with Gasteiger partial charge in [0, 0.05) is 10.7 Å². The van der Waals surface area contributed by atoms with Crippen LogP contribution in [0.2, 0.25) is 0 Å². The molecule has 0 N–H and O–H groups in total. The van der Waals surface area contributed by atoms with E-state index in [1.54, 1.807) is 12.1 Å². The highest BCUT2D eigenvalue weighted by Gasteiger charge is 2.11. The molecule has 2 aromatic rings. The lowest BCUT2D eigenvalue weighted by molar-refractivity contribution is 0.601. The summed E-state index contributed by atoms with van der Waals surface area (Å²) in [5.74, 6) is 0. The smallest absolute Gasteiger partial charge is 0.176 e. The van der Waals surface area contributed by atoms with Gasteiger partial charge in [0.1, 0.15) is 0 Å². The van der Waals surface area contributed by atoms with Crippen LogP contribution in [0.5, 0.6) is 0 Å². The van der Waals surface area contributed by atoms with Gasteiger partial charge in [-0.25, -0.2) is 8.42 Å². The zero-order valence-electron chi connectivity index (χ0n) is 10.3. The fourth-order valence-corrected chi connectivity index (χ4v) is 3.25. The van der Waals surface area contributed by atoms with Gasteiger partial charge in [0.05, 0.1) is 4.90 Å². The molecule has 0 aromatic heterocycles. The van der Waals surface area contributed by atoms with E-state index in [4.69, 9.17) is 0 Å². The molecule has 0 spiro atoms. The molecule has 96 valence electrons. The van der Waals surface area contributed by atoms with Crippen molar-refractivity contribution in [3.63, 3.8) is 0 Å². The summed E-state index contributed by atoms with van der Waals surface area (Å²) in [6.07, 6.45) is 1.20. The van der Waals surface area contributed by atoms with E-state index in [2.05, 4.69) is 15.9 Å². The Kier molecular flexibility index (Phi) is 5.56. The second-order valence-electron chi connectivity index (χ2n) is 3.81. The Morgan fingerprint density at radius 3 is 1.67 bits per heavy atom. The molecule has 0 radical (unpaired) electrons. The van der Waals surface area contributed by atoms with E-state index in [-0.39, 0.29) is 0 Å². The second kappa shape index (κ2) is 6.71. The van der Waals surface area contributed by atoms with E-state index in [0.717, 1.165) is 5.56 Å². The Morgan fingerprint density at radius 2 is 1.33 bits per heavy atom. The predicted molar refractivity (Wildman–Crippen MR) is 78.4 cm³/mol. The molecule has 2 aromatic carbocycles. The maximum Gasteiger partial charge on any atom is 0.176 e. The average molecular weight is 327 g/mol. The van der Waals surface area contributed by atoms with Crippen LogP contribution in [0.1, 0.15) is 5.56 Å². The van der Waals surface area contributed by atoms with Gasteiger partial charge in [0.15, 0.2) is 9.84 Å². The minimum Gasteiger partial charge on any atom is -0.224 e. The summed E-state index contributed by atoms with van der Waals surface area (Å²) in [6.45, 7) is 1.86. The van der Waals surface area contributed by atoms with Crippen LogP contribution in [-0.2, 0) is 9.84 Å². The fourth-order valence-electron chi connectivity index (χ4n) is 1.29. The third-order valence-corrected chi connectivity index (χ3v) is 4.68. The zero-order chi connectivity index (χ0) is 13.6. The highest BCUT2D eigenvalue weighted by Crippen LogP contribution is 2.24. The lowest BCUT2D eigenvalue weighted by Crippen LogP contribution is -1.98. The molecule has 0 amide bonds. The molecule has 0 atom stereocenters. The van der Waals surface area contributed by atoms with E-state index in [1.807, 2.05) is 49.4 Å². The topological polar surface area (TPSA) is 34.1 Å². The van der Waals surface area contributed by atoms with Crippen molar-refractivity contribution < 1.29 is 8.42 Å². The van der Waals surface area contributed by atoms with Crippen LogP contribution in [0.15, 0.2) is 64.0 Å². The highest BCUT2D eigenvalue weighted by molar-refractivity contribution is 9.10. The monoisotopic (exact) mass is 326 g/mol. The number of halogens is 1. The van der Waals surface area contributed by atoms with Crippen molar-refractivity contribution in [2.24, 2.45) is 0 Å². The van der Waals surface area contributed by atoms with Crippen molar-refractivity contribution in [2.45, 2.75) is 11.8 Å². The molecule has 0 aliphatic carbocycles. The molecule has 2 rings (SSSR count). The second-order valence-corrected chi connectivity index (χ2v) is 6.59. The molecule has 0 saturated carbocycles. The summed E-state index contributed by atoms with van der Waals surface area (Å²) < 4.78 is 23.0. The molecule has 0 fully saturated rings. The van der Waals surface area contributed by atoms with Crippen LogP contribution in [-0.4, -0.2) is 14.7 Å². The summed E-state index contributed by atoms with van der Waals surface area (Å²) in [6, 6.07) is 17.2. The number of hydrogen-bond donors (Lipinski definition) is 0. The van der Waals surface area contributed by atoms with Crippen molar-refractivity contribution in [1.29, 1.82) is 0 Å². The Labute approximate surface area is 117 Å². The predicted octanol–water partition coefficient (Wildman–Crippen LogP) is 3.85. The maximum atomic E-state index is 11.2. The fraction of sp³-hybridized carbons (Fsp3) is 0.143. The molecule has 0 bridgehead atoms. The number of hydrogen-bond acceptors (Lipinski definition) is 2. The van der Waals surface area contributed by atoms with Gasteiger partial charge in [-0.15, -0.1) is 0 Å². The van der Waals surface area contributed by atoms with Crippen LogP contribution < -0.4 is 0 Å². The van der Waals surface area contributed by atoms with Crippen LogP contribution in [0, 0.1) is 6.92 Å². The molecule has 4 heteroatoms. The lowest BCUT2D eigenvalue weighted by atomic mass is 10.2. The standard InChI is InChI=1S/C8H9BrO2S.C6H6/c1-6-4-3-5-7(8(6)9)12(2,10)11;1-2-4-6-5-3-1/h3-5H,1-2H3;1-6H.